The van der Waals surface area contributed by atoms with Crippen LogP contribution in [-0.4, -0.2) is 18.3 Å². The molecule has 1 fully saturated rings. The van der Waals surface area contributed by atoms with Gasteiger partial charge in [0.2, 0.25) is 0 Å². The maximum Gasteiger partial charge on any atom is 0.315 e. The Morgan fingerprint density at radius 2 is 2.19 bits per heavy atom. The number of rotatable bonds is 4. The first-order chi connectivity index (χ1) is 7.64. The van der Waals surface area contributed by atoms with E-state index in [1.54, 1.807) is 12.1 Å². The number of benzene rings is 1. The maximum absolute atomic E-state index is 11.0. The molecule has 2 rings (SSSR count). The van der Waals surface area contributed by atoms with Crippen LogP contribution in [0.4, 0.5) is 5.69 Å². The molecule has 0 heterocycles. The van der Waals surface area contributed by atoms with Gasteiger partial charge >= 0.3 is 5.69 Å². The lowest BCUT2D eigenvalue weighted by atomic mass is 9.95. The van der Waals surface area contributed by atoms with Gasteiger partial charge in [-0.1, -0.05) is 12.1 Å². The second-order valence-electron chi connectivity index (χ2n) is 3.89. The summed E-state index contributed by atoms with van der Waals surface area (Å²) in [4.78, 5) is 21.5. The first-order valence-electron chi connectivity index (χ1n) is 4.93. The van der Waals surface area contributed by atoms with E-state index in [1.807, 2.05) is 0 Å². The normalized spacial score (nSPS) is 16.6. The Balaban J connectivity index is 2.61. The number of carbonyl (C=O) groups excluding carboxylic acids is 1. The molecule has 5 heteroatoms. The van der Waals surface area contributed by atoms with Gasteiger partial charge in [-0.05, 0) is 18.9 Å². The van der Waals surface area contributed by atoms with Crippen LogP contribution < -0.4 is 4.74 Å². The summed E-state index contributed by atoms with van der Waals surface area (Å²) in [5, 5.41) is 11.0. The van der Waals surface area contributed by atoms with Gasteiger partial charge in [-0.2, -0.15) is 0 Å². The van der Waals surface area contributed by atoms with Gasteiger partial charge in [-0.15, -0.1) is 0 Å². The van der Waals surface area contributed by atoms with Crippen LogP contribution >= 0.6 is 0 Å². The van der Waals surface area contributed by atoms with Gasteiger partial charge in [0.25, 0.3) is 0 Å². The molecule has 84 valence electrons. The van der Waals surface area contributed by atoms with Crippen molar-refractivity contribution < 1.29 is 14.5 Å². The van der Waals surface area contributed by atoms with Gasteiger partial charge in [0.15, 0.2) is 5.75 Å². The molecule has 1 aliphatic carbocycles. The minimum atomic E-state index is -0.656. The lowest BCUT2D eigenvalue weighted by Gasteiger charge is -2.10. The predicted octanol–water partition coefficient (Wildman–Crippen LogP) is 1.83. The number of methoxy groups -OCH3 is 1. The minimum Gasteiger partial charge on any atom is -0.490 e. The Hall–Kier alpha value is -1.91. The Morgan fingerprint density at radius 1 is 1.50 bits per heavy atom. The van der Waals surface area contributed by atoms with E-state index in [9.17, 15) is 14.9 Å². The van der Waals surface area contributed by atoms with E-state index in [0.717, 1.165) is 6.29 Å². The summed E-state index contributed by atoms with van der Waals surface area (Å²) in [6, 6.07) is 4.83. The highest BCUT2D eigenvalue weighted by molar-refractivity contribution is 5.77. The Bertz CT molecular complexity index is 451. The Morgan fingerprint density at radius 3 is 2.62 bits per heavy atom. The van der Waals surface area contributed by atoms with Crippen molar-refractivity contribution in [1.82, 2.24) is 0 Å². The fraction of sp³-hybridized carbons (Fsp3) is 0.364. The van der Waals surface area contributed by atoms with Crippen molar-refractivity contribution in [1.29, 1.82) is 0 Å². The SMILES string of the molecule is COc1cccc(C2(C=O)CC2)c1[N+](=O)[O-]. The van der Waals surface area contributed by atoms with E-state index in [2.05, 4.69) is 0 Å². The second kappa shape index (κ2) is 3.59. The lowest BCUT2D eigenvalue weighted by Crippen LogP contribution is -2.11. The molecule has 0 unspecified atom stereocenters. The van der Waals surface area contributed by atoms with Crippen LogP contribution in [0.3, 0.4) is 0 Å². The third kappa shape index (κ3) is 1.44. The number of hydrogen-bond donors (Lipinski definition) is 0. The molecule has 1 saturated carbocycles. The Labute approximate surface area is 92.2 Å². The summed E-state index contributed by atoms with van der Waals surface area (Å²) in [6.45, 7) is 0. The van der Waals surface area contributed by atoms with E-state index in [4.69, 9.17) is 4.74 Å². The smallest absolute Gasteiger partial charge is 0.315 e. The molecule has 0 aromatic heterocycles. The van der Waals surface area contributed by atoms with Crippen molar-refractivity contribution in [3.8, 4) is 5.75 Å². The zero-order valence-corrected chi connectivity index (χ0v) is 8.80. The van der Waals surface area contributed by atoms with E-state index < -0.39 is 10.3 Å². The first kappa shape index (κ1) is 10.6. The van der Waals surface area contributed by atoms with E-state index in [0.29, 0.717) is 18.4 Å². The van der Waals surface area contributed by atoms with Gasteiger partial charge < -0.3 is 9.53 Å². The lowest BCUT2D eigenvalue weighted by molar-refractivity contribution is -0.386. The molecule has 0 atom stereocenters. The van der Waals surface area contributed by atoms with E-state index >= 15 is 0 Å². The fourth-order valence-electron chi connectivity index (χ4n) is 1.86. The van der Waals surface area contributed by atoms with Crippen molar-refractivity contribution in [2.24, 2.45) is 0 Å². The van der Waals surface area contributed by atoms with Crippen LogP contribution in [0.5, 0.6) is 5.75 Å². The standard InChI is InChI=1S/C11H11NO4/c1-16-9-4-2-3-8(10(9)12(14)15)11(7-13)5-6-11/h2-4,7H,5-6H2,1H3. The van der Waals surface area contributed by atoms with Gasteiger partial charge in [0, 0.05) is 5.56 Å². The number of nitro groups is 1. The van der Waals surface area contributed by atoms with Gasteiger partial charge in [0.05, 0.1) is 17.4 Å². The number of carbonyl (C=O) groups is 1. The predicted molar refractivity (Wildman–Crippen MR) is 56.6 cm³/mol. The van der Waals surface area contributed by atoms with Crippen molar-refractivity contribution in [3.05, 3.63) is 33.9 Å². The molecule has 0 amide bonds. The molecule has 0 bridgehead atoms. The number of ether oxygens (including phenoxy) is 1. The first-order valence-corrected chi connectivity index (χ1v) is 4.93. The summed E-state index contributed by atoms with van der Waals surface area (Å²) in [6.07, 6.45) is 2.14. The topological polar surface area (TPSA) is 69.4 Å². The van der Waals surface area contributed by atoms with Crippen molar-refractivity contribution >= 4 is 12.0 Å². The summed E-state index contributed by atoms with van der Waals surface area (Å²) >= 11 is 0. The van der Waals surface area contributed by atoms with E-state index in [-0.39, 0.29) is 11.4 Å². The molecule has 0 saturated heterocycles. The summed E-state index contributed by atoms with van der Waals surface area (Å²) in [5.41, 5.74) is -0.279. The zero-order valence-electron chi connectivity index (χ0n) is 8.80. The molecule has 5 nitrogen and oxygen atoms in total. The summed E-state index contributed by atoms with van der Waals surface area (Å²) in [5.74, 6) is 0.204. The average Bonchev–Trinajstić information content (AvgIpc) is 3.08. The third-order valence-corrected chi connectivity index (χ3v) is 2.95. The van der Waals surface area contributed by atoms with Gasteiger partial charge in [0.1, 0.15) is 6.29 Å². The third-order valence-electron chi connectivity index (χ3n) is 2.95. The van der Waals surface area contributed by atoms with Crippen molar-refractivity contribution in [2.75, 3.05) is 7.11 Å². The quantitative estimate of drug-likeness (QED) is 0.442. The average molecular weight is 221 g/mol. The van der Waals surface area contributed by atoms with Crippen LogP contribution in [0, 0.1) is 10.1 Å². The minimum absolute atomic E-state index is 0.0883. The zero-order chi connectivity index (χ0) is 11.8. The molecular weight excluding hydrogens is 210 g/mol. The van der Waals surface area contributed by atoms with Gasteiger partial charge in [-0.3, -0.25) is 10.1 Å². The highest BCUT2D eigenvalue weighted by atomic mass is 16.6. The number of nitrogens with zero attached hydrogens (tertiary/aromatic N) is 1. The number of aldehydes is 1. The highest BCUT2D eigenvalue weighted by Gasteiger charge is 2.49. The number of nitro benzene ring substituents is 1. The second-order valence-corrected chi connectivity index (χ2v) is 3.89. The van der Waals surface area contributed by atoms with Crippen LogP contribution in [0.1, 0.15) is 18.4 Å². The molecule has 0 radical (unpaired) electrons. The van der Waals surface area contributed by atoms with Crippen LogP contribution in [0.2, 0.25) is 0 Å². The summed E-state index contributed by atoms with van der Waals surface area (Å²) < 4.78 is 4.96. The largest absolute Gasteiger partial charge is 0.490 e. The van der Waals surface area contributed by atoms with Gasteiger partial charge in [-0.25, -0.2) is 0 Å². The molecule has 0 aliphatic heterocycles. The van der Waals surface area contributed by atoms with Crippen LogP contribution in [-0.2, 0) is 10.2 Å². The Kier molecular flexibility index (Phi) is 2.38. The van der Waals surface area contributed by atoms with Crippen LogP contribution in [0.15, 0.2) is 18.2 Å². The fourth-order valence-corrected chi connectivity index (χ4v) is 1.86. The number of hydrogen-bond acceptors (Lipinski definition) is 4. The monoisotopic (exact) mass is 221 g/mol. The highest BCUT2D eigenvalue weighted by Crippen LogP contribution is 2.51. The molecular formula is C11H11NO4. The molecule has 0 spiro atoms. The molecule has 1 aromatic rings. The number of para-hydroxylation sites is 1. The molecule has 16 heavy (non-hydrogen) atoms. The van der Waals surface area contributed by atoms with Crippen molar-refractivity contribution in [2.45, 2.75) is 18.3 Å². The molecule has 1 aliphatic rings. The van der Waals surface area contributed by atoms with Crippen LogP contribution in [0.25, 0.3) is 0 Å². The maximum atomic E-state index is 11.0. The van der Waals surface area contributed by atoms with Crippen molar-refractivity contribution in [3.63, 3.8) is 0 Å². The summed E-state index contributed by atoms with van der Waals surface area (Å²) in [7, 11) is 1.38. The molecule has 1 aromatic carbocycles. The molecule has 0 N–H and O–H groups in total. The van der Waals surface area contributed by atoms with E-state index in [1.165, 1.54) is 13.2 Å².